The van der Waals surface area contributed by atoms with Crippen molar-refractivity contribution in [1.29, 1.82) is 0 Å². The molecule has 2 N–H and O–H groups in total. The van der Waals surface area contributed by atoms with Crippen LogP contribution in [-0.2, 0) is 6.42 Å². The number of rotatable bonds is 4. The maximum atomic E-state index is 5.81. The van der Waals surface area contributed by atoms with Crippen LogP contribution in [0.1, 0.15) is 11.8 Å². The number of thiophene rings is 1. The monoisotopic (exact) mass is 233 g/mol. The van der Waals surface area contributed by atoms with Gasteiger partial charge in [-0.1, -0.05) is 18.2 Å². The molecule has 16 heavy (non-hydrogen) atoms. The molecule has 0 bridgehead atoms. The molecule has 0 aliphatic carbocycles. The Bertz CT molecular complexity index is 436. The quantitative estimate of drug-likeness (QED) is 0.878. The highest BCUT2D eigenvalue weighted by Crippen LogP contribution is 2.30. The smallest absolute Gasteiger partial charge is 0.141 e. The fourth-order valence-electron chi connectivity index (χ4n) is 1.48. The van der Waals surface area contributed by atoms with Gasteiger partial charge < -0.3 is 10.5 Å². The Morgan fingerprint density at radius 1 is 1.25 bits per heavy atom. The van der Waals surface area contributed by atoms with Crippen molar-refractivity contribution in [3.63, 3.8) is 0 Å². The van der Waals surface area contributed by atoms with Crippen LogP contribution in [0.15, 0.2) is 41.8 Å². The maximum absolute atomic E-state index is 5.81. The molecule has 2 rings (SSSR count). The van der Waals surface area contributed by atoms with Crippen molar-refractivity contribution in [1.82, 2.24) is 0 Å². The molecule has 0 fully saturated rings. The van der Waals surface area contributed by atoms with E-state index in [-0.39, 0.29) is 6.04 Å². The molecule has 84 valence electrons. The first-order chi connectivity index (χ1) is 7.75. The van der Waals surface area contributed by atoms with Gasteiger partial charge in [0.25, 0.3) is 0 Å². The highest BCUT2D eigenvalue weighted by molar-refractivity contribution is 7.10. The van der Waals surface area contributed by atoms with Crippen molar-refractivity contribution in [2.75, 3.05) is 0 Å². The number of para-hydroxylation sites is 1. The highest BCUT2D eigenvalue weighted by Gasteiger charge is 2.08. The molecule has 0 amide bonds. The van der Waals surface area contributed by atoms with Crippen molar-refractivity contribution < 1.29 is 4.74 Å². The number of nitrogens with two attached hydrogens (primary N) is 1. The molecule has 1 aromatic heterocycles. The van der Waals surface area contributed by atoms with Gasteiger partial charge in [-0.3, -0.25) is 0 Å². The Balaban J connectivity index is 2.13. The summed E-state index contributed by atoms with van der Waals surface area (Å²) in [5.74, 6) is 1.79. The zero-order chi connectivity index (χ0) is 11.4. The Kier molecular flexibility index (Phi) is 3.59. The van der Waals surface area contributed by atoms with Gasteiger partial charge in [-0.05, 0) is 30.5 Å². The zero-order valence-corrected chi connectivity index (χ0v) is 10.0. The van der Waals surface area contributed by atoms with Gasteiger partial charge in [-0.15, -0.1) is 11.3 Å². The minimum atomic E-state index is 0.164. The lowest BCUT2D eigenvalue weighted by molar-refractivity contribution is 0.477. The first-order valence-corrected chi connectivity index (χ1v) is 6.18. The fraction of sp³-hybridized carbons (Fsp3) is 0.231. The van der Waals surface area contributed by atoms with Gasteiger partial charge in [0.15, 0.2) is 0 Å². The van der Waals surface area contributed by atoms with Crippen LogP contribution in [0.5, 0.6) is 11.5 Å². The van der Waals surface area contributed by atoms with E-state index >= 15 is 0 Å². The largest absolute Gasteiger partial charge is 0.456 e. The summed E-state index contributed by atoms with van der Waals surface area (Å²) in [5, 5.41) is 2.04. The van der Waals surface area contributed by atoms with Crippen LogP contribution in [0.4, 0.5) is 0 Å². The van der Waals surface area contributed by atoms with Crippen LogP contribution in [-0.4, -0.2) is 6.04 Å². The standard InChI is InChI=1S/C13H15NOS/c1-10(14)9-13-12(7-8-16-13)15-11-5-3-2-4-6-11/h2-8,10H,9,14H2,1H3. The van der Waals surface area contributed by atoms with Gasteiger partial charge in [-0.2, -0.15) is 0 Å². The van der Waals surface area contributed by atoms with Gasteiger partial charge in [0.05, 0.1) is 0 Å². The van der Waals surface area contributed by atoms with Crippen LogP contribution in [0, 0.1) is 0 Å². The van der Waals surface area contributed by atoms with Gasteiger partial charge in [0, 0.05) is 17.3 Å². The van der Waals surface area contributed by atoms with Crippen LogP contribution in [0.3, 0.4) is 0 Å². The van der Waals surface area contributed by atoms with Crippen molar-refractivity contribution in [2.24, 2.45) is 5.73 Å². The SMILES string of the molecule is CC(N)Cc1sccc1Oc1ccccc1. The molecule has 0 radical (unpaired) electrons. The first-order valence-electron chi connectivity index (χ1n) is 5.30. The van der Waals surface area contributed by atoms with Crippen molar-refractivity contribution in [3.8, 4) is 11.5 Å². The minimum absolute atomic E-state index is 0.164. The summed E-state index contributed by atoms with van der Waals surface area (Å²) in [5.41, 5.74) is 5.80. The summed E-state index contributed by atoms with van der Waals surface area (Å²) in [4.78, 5) is 1.21. The molecule has 1 unspecified atom stereocenters. The summed E-state index contributed by atoms with van der Waals surface area (Å²) in [6.07, 6.45) is 0.861. The van der Waals surface area contributed by atoms with E-state index in [1.165, 1.54) is 4.88 Å². The second-order valence-electron chi connectivity index (χ2n) is 3.80. The Morgan fingerprint density at radius 3 is 2.69 bits per heavy atom. The van der Waals surface area contributed by atoms with E-state index in [0.29, 0.717) is 0 Å². The molecular weight excluding hydrogens is 218 g/mol. The number of ether oxygens (including phenoxy) is 1. The van der Waals surface area contributed by atoms with Crippen LogP contribution in [0.2, 0.25) is 0 Å². The third kappa shape index (κ3) is 2.84. The molecule has 0 saturated carbocycles. The molecule has 0 aliphatic heterocycles. The Morgan fingerprint density at radius 2 is 2.00 bits per heavy atom. The average Bonchev–Trinajstić information content (AvgIpc) is 2.66. The van der Waals surface area contributed by atoms with Crippen LogP contribution >= 0.6 is 11.3 Å². The molecule has 0 saturated heterocycles. The van der Waals surface area contributed by atoms with E-state index in [1.54, 1.807) is 11.3 Å². The maximum Gasteiger partial charge on any atom is 0.141 e. The third-order valence-electron chi connectivity index (χ3n) is 2.18. The van der Waals surface area contributed by atoms with Crippen molar-refractivity contribution in [2.45, 2.75) is 19.4 Å². The van der Waals surface area contributed by atoms with E-state index in [2.05, 4.69) is 0 Å². The summed E-state index contributed by atoms with van der Waals surface area (Å²) in [6, 6.07) is 12.0. The Hall–Kier alpha value is -1.32. The van der Waals surface area contributed by atoms with Crippen LogP contribution < -0.4 is 10.5 Å². The normalized spacial score (nSPS) is 12.4. The summed E-state index contributed by atoms with van der Waals surface area (Å²) in [6.45, 7) is 2.01. The number of benzene rings is 1. The topological polar surface area (TPSA) is 35.2 Å². The summed E-state index contributed by atoms with van der Waals surface area (Å²) >= 11 is 1.69. The lowest BCUT2D eigenvalue weighted by Gasteiger charge is -2.08. The van der Waals surface area contributed by atoms with Crippen molar-refractivity contribution >= 4 is 11.3 Å². The number of hydrogen-bond donors (Lipinski definition) is 1. The molecule has 3 heteroatoms. The molecular formula is C13H15NOS. The third-order valence-corrected chi connectivity index (χ3v) is 3.11. The predicted octanol–water partition coefficient (Wildman–Crippen LogP) is 3.43. The lowest BCUT2D eigenvalue weighted by Crippen LogP contribution is -2.17. The lowest BCUT2D eigenvalue weighted by atomic mass is 10.2. The van der Waals surface area contributed by atoms with Gasteiger partial charge in [0.1, 0.15) is 11.5 Å². The zero-order valence-electron chi connectivity index (χ0n) is 9.22. The minimum Gasteiger partial charge on any atom is -0.456 e. The van der Waals surface area contributed by atoms with Crippen molar-refractivity contribution in [3.05, 3.63) is 46.7 Å². The molecule has 1 atom stereocenters. The molecule has 1 aromatic carbocycles. The molecule has 0 aliphatic rings. The van der Waals surface area contributed by atoms with Gasteiger partial charge in [-0.25, -0.2) is 0 Å². The molecule has 2 aromatic rings. The van der Waals surface area contributed by atoms with E-state index in [0.717, 1.165) is 17.9 Å². The van der Waals surface area contributed by atoms with E-state index in [1.807, 2.05) is 48.7 Å². The molecule has 1 heterocycles. The van der Waals surface area contributed by atoms with Gasteiger partial charge in [0.2, 0.25) is 0 Å². The highest BCUT2D eigenvalue weighted by atomic mass is 32.1. The second kappa shape index (κ2) is 5.14. The van der Waals surface area contributed by atoms with E-state index in [4.69, 9.17) is 10.5 Å². The predicted molar refractivity (Wildman–Crippen MR) is 68.2 cm³/mol. The average molecular weight is 233 g/mol. The van der Waals surface area contributed by atoms with Gasteiger partial charge >= 0.3 is 0 Å². The summed E-state index contributed by atoms with van der Waals surface area (Å²) < 4.78 is 5.81. The summed E-state index contributed by atoms with van der Waals surface area (Å²) in [7, 11) is 0. The first kappa shape index (κ1) is 11.2. The molecule has 0 spiro atoms. The molecule has 2 nitrogen and oxygen atoms in total. The second-order valence-corrected chi connectivity index (χ2v) is 4.81. The Labute approximate surface area is 99.7 Å². The van der Waals surface area contributed by atoms with E-state index < -0.39 is 0 Å². The fourth-order valence-corrected chi connectivity index (χ4v) is 2.42. The van der Waals surface area contributed by atoms with Crippen LogP contribution in [0.25, 0.3) is 0 Å². The van der Waals surface area contributed by atoms with E-state index in [9.17, 15) is 0 Å². The number of hydrogen-bond acceptors (Lipinski definition) is 3.